The zero-order valence-electron chi connectivity index (χ0n) is 17.0. The van der Waals surface area contributed by atoms with Crippen LogP contribution in [-0.4, -0.2) is 62.2 Å². The predicted molar refractivity (Wildman–Crippen MR) is 107 cm³/mol. The van der Waals surface area contributed by atoms with Crippen LogP contribution in [0.15, 0.2) is 29.2 Å². The number of hydrogen-bond donors (Lipinski definition) is 0. The first-order valence-electron chi connectivity index (χ1n) is 9.99. The molecule has 2 aromatic heterocycles. The molecule has 1 fully saturated rings. The van der Waals surface area contributed by atoms with E-state index in [1.807, 2.05) is 25.1 Å². The number of rotatable bonds is 7. The van der Waals surface area contributed by atoms with Gasteiger partial charge in [0, 0.05) is 50.8 Å². The van der Waals surface area contributed by atoms with Crippen molar-refractivity contribution in [3.8, 4) is 0 Å². The van der Waals surface area contributed by atoms with Crippen molar-refractivity contribution in [2.75, 3.05) is 27.2 Å². The molecule has 3 rings (SSSR count). The van der Waals surface area contributed by atoms with Crippen LogP contribution in [0.4, 0.5) is 0 Å². The van der Waals surface area contributed by atoms with Crippen LogP contribution in [0.2, 0.25) is 0 Å². The largest absolute Gasteiger partial charge is 0.343 e. The molecule has 0 N–H and O–H groups in total. The molecule has 8 heteroatoms. The number of aromatic nitrogens is 4. The van der Waals surface area contributed by atoms with Crippen molar-refractivity contribution < 1.29 is 4.79 Å². The quantitative estimate of drug-likeness (QED) is 0.717. The first kappa shape index (κ1) is 20.3. The summed E-state index contributed by atoms with van der Waals surface area (Å²) in [5, 5.41) is 8.85. The van der Waals surface area contributed by atoms with Gasteiger partial charge in [0.25, 0.3) is 5.56 Å². The van der Waals surface area contributed by atoms with Crippen LogP contribution in [-0.2, 0) is 24.4 Å². The van der Waals surface area contributed by atoms with E-state index in [4.69, 9.17) is 0 Å². The molecule has 8 nitrogen and oxygen atoms in total. The maximum absolute atomic E-state index is 12.5. The average Bonchev–Trinajstić information content (AvgIpc) is 3.09. The van der Waals surface area contributed by atoms with Crippen LogP contribution in [0.5, 0.6) is 0 Å². The van der Waals surface area contributed by atoms with Crippen LogP contribution >= 0.6 is 0 Å². The lowest BCUT2D eigenvalue weighted by molar-refractivity contribution is -0.132. The van der Waals surface area contributed by atoms with Crippen LogP contribution in [0, 0.1) is 0 Å². The zero-order chi connectivity index (χ0) is 20.1. The molecule has 3 heterocycles. The Kier molecular flexibility index (Phi) is 6.61. The number of pyridine rings is 1. The third kappa shape index (κ3) is 4.67. The Balaban J connectivity index is 1.56. The van der Waals surface area contributed by atoms with E-state index in [2.05, 4.69) is 26.6 Å². The predicted octanol–water partition coefficient (Wildman–Crippen LogP) is 1.32. The van der Waals surface area contributed by atoms with Gasteiger partial charge in [0.1, 0.15) is 11.6 Å². The van der Waals surface area contributed by atoms with E-state index < -0.39 is 0 Å². The van der Waals surface area contributed by atoms with Crippen molar-refractivity contribution in [3.05, 3.63) is 46.4 Å². The number of piperidine rings is 1. The highest BCUT2D eigenvalue weighted by Crippen LogP contribution is 2.27. The molecule has 0 aliphatic carbocycles. The molecule has 0 radical (unpaired) electrons. The number of hydrogen-bond acceptors (Lipinski definition) is 5. The summed E-state index contributed by atoms with van der Waals surface area (Å²) in [5.41, 5.74) is -0.0681. The van der Waals surface area contributed by atoms with Crippen molar-refractivity contribution in [2.45, 2.75) is 51.7 Å². The van der Waals surface area contributed by atoms with Crippen LogP contribution in [0.25, 0.3) is 0 Å². The summed E-state index contributed by atoms with van der Waals surface area (Å²) in [6, 6.07) is 5.04. The Morgan fingerprint density at radius 2 is 1.96 bits per heavy atom. The van der Waals surface area contributed by atoms with E-state index >= 15 is 0 Å². The number of amides is 1. The first-order chi connectivity index (χ1) is 13.5. The third-order valence-electron chi connectivity index (χ3n) is 5.31. The Morgan fingerprint density at radius 3 is 2.61 bits per heavy atom. The summed E-state index contributed by atoms with van der Waals surface area (Å²) in [7, 11) is 4.06. The van der Waals surface area contributed by atoms with E-state index in [1.54, 1.807) is 16.8 Å². The minimum absolute atomic E-state index is 0.0681. The third-order valence-corrected chi connectivity index (χ3v) is 5.31. The van der Waals surface area contributed by atoms with Gasteiger partial charge in [-0.05, 0) is 39.9 Å². The van der Waals surface area contributed by atoms with Crippen molar-refractivity contribution in [3.63, 3.8) is 0 Å². The number of likely N-dealkylation sites (tertiary alicyclic amines) is 1. The highest BCUT2D eigenvalue weighted by atomic mass is 16.2. The molecule has 0 atom stereocenters. The second-order valence-electron chi connectivity index (χ2n) is 7.59. The molecule has 0 saturated carbocycles. The number of carbonyl (C=O) groups excluding carboxylic acids is 1. The van der Waals surface area contributed by atoms with Gasteiger partial charge in [-0.2, -0.15) is 0 Å². The second kappa shape index (κ2) is 9.14. The van der Waals surface area contributed by atoms with Gasteiger partial charge in [-0.1, -0.05) is 6.07 Å². The van der Waals surface area contributed by atoms with Gasteiger partial charge in [0.15, 0.2) is 0 Å². The minimum atomic E-state index is -0.0681. The molecular weight excluding hydrogens is 356 g/mol. The minimum Gasteiger partial charge on any atom is -0.343 e. The Bertz CT molecular complexity index is 848. The zero-order valence-corrected chi connectivity index (χ0v) is 17.0. The van der Waals surface area contributed by atoms with Crippen LogP contribution < -0.4 is 5.56 Å². The maximum Gasteiger partial charge on any atom is 0.250 e. The molecule has 0 unspecified atom stereocenters. The molecule has 1 aliphatic rings. The summed E-state index contributed by atoms with van der Waals surface area (Å²) < 4.78 is 3.80. The summed E-state index contributed by atoms with van der Waals surface area (Å²) >= 11 is 0. The van der Waals surface area contributed by atoms with E-state index in [0.29, 0.717) is 18.9 Å². The van der Waals surface area contributed by atoms with Crippen molar-refractivity contribution >= 4 is 5.91 Å². The van der Waals surface area contributed by atoms with Gasteiger partial charge in [0.2, 0.25) is 5.91 Å². The fraction of sp³-hybridized carbons (Fsp3) is 0.600. The fourth-order valence-electron chi connectivity index (χ4n) is 3.80. The highest BCUT2D eigenvalue weighted by Gasteiger charge is 2.27. The normalized spacial score (nSPS) is 15.4. The Morgan fingerprint density at radius 1 is 1.21 bits per heavy atom. The standard InChI is InChI=1S/C20H30N6O2/c1-4-26-17(15-23(2)3)21-22-20(26)16-8-12-25(13-9-16)19(28)10-14-24-11-6-5-7-18(24)27/h5-7,11,16H,4,8-10,12-15H2,1-3H3. The summed E-state index contributed by atoms with van der Waals surface area (Å²) in [6.45, 7) is 5.64. The van der Waals surface area contributed by atoms with Crippen molar-refractivity contribution in [1.29, 1.82) is 0 Å². The van der Waals surface area contributed by atoms with Gasteiger partial charge in [-0.3, -0.25) is 9.59 Å². The summed E-state index contributed by atoms with van der Waals surface area (Å²) in [6.07, 6.45) is 3.88. The Labute approximate surface area is 165 Å². The van der Waals surface area contributed by atoms with E-state index in [1.165, 1.54) is 6.07 Å². The smallest absolute Gasteiger partial charge is 0.250 e. The van der Waals surface area contributed by atoms with Gasteiger partial charge < -0.3 is 18.9 Å². The lowest BCUT2D eigenvalue weighted by atomic mass is 9.95. The van der Waals surface area contributed by atoms with E-state index in [9.17, 15) is 9.59 Å². The Hall–Kier alpha value is -2.48. The van der Waals surface area contributed by atoms with Crippen LogP contribution in [0.3, 0.4) is 0 Å². The monoisotopic (exact) mass is 386 g/mol. The molecule has 1 saturated heterocycles. The number of carbonyl (C=O) groups is 1. The van der Waals surface area contributed by atoms with E-state index in [0.717, 1.165) is 50.7 Å². The van der Waals surface area contributed by atoms with Crippen LogP contribution in [0.1, 0.15) is 43.8 Å². The fourth-order valence-corrected chi connectivity index (χ4v) is 3.80. The van der Waals surface area contributed by atoms with Crippen molar-refractivity contribution in [1.82, 2.24) is 29.1 Å². The molecule has 2 aromatic rings. The molecule has 1 aliphatic heterocycles. The first-order valence-corrected chi connectivity index (χ1v) is 9.99. The van der Waals surface area contributed by atoms with Gasteiger partial charge in [-0.15, -0.1) is 10.2 Å². The molecule has 0 bridgehead atoms. The SMILES string of the molecule is CCn1c(CN(C)C)nnc1C1CCN(C(=O)CCn2ccccc2=O)CC1. The summed E-state index contributed by atoms with van der Waals surface area (Å²) in [5.74, 6) is 2.49. The topological polar surface area (TPSA) is 76.3 Å². The van der Waals surface area contributed by atoms with Gasteiger partial charge in [-0.25, -0.2) is 0 Å². The summed E-state index contributed by atoms with van der Waals surface area (Å²) in [4.78, 5) is 28.3. The molecule has 1 amide bonds. The highest BCUT2D eigenvalue weighted by molar-refractivity contribution is 5.76. The number of nitrogens with zero attached hydrogens (tertiary/aromatic N) is 6. The van der Waals surface area contributed by atoms with Gasteiger partial charge >= 0.3 is 0 Å². The van der Waals surface area contributed by atoms with Crippen molar-refractivity contribution in [2.24, 2.45) is 0 Å². The number of aryl methyl sites for hydroxylation is 1. The average molecular weight is 387 g/mol. The molecule has 0 aromatic carbocycles. The molecule has 152 valence electrons. The lowest BCUT2D eigenvalue weighted by Crippen LogP contribution is -2.39. The van der Waals surface area contributed by atoms with Gasteiger partial charge in [0.05, 0.1) is 6.54 Å². The second-order valence-corrected chi connectivity index (χ2v) is 7.59. The molecular formula is C20H30N6O2. The maximum atomic E-state index is 12.5. The molecule has 28 heavy (non-hydrogen) atoms. The van der Waals surface area contributed by atoms with E-state index in [-0.39, 0.29) is 11.5 Å². The molecule has 0 spiro atoms. The lowest BCUT2D eigenvalue weighted by Gasteiger charge is -2.32.